The van der Waals surface area contributed by atoms with E-state index in [1.165, 1.54) is 27.8 Å². The van der Waals surface area contributed by atoms with Crippen molar-refractivity contribution in [1.29, 1.82) is 0 Å². The zero-order valence-electron chi connectivity index (χ0n) is 26.3. The molecule has 8 heteroatoms. The summed E-state index contributed by atoms with van der Waals surface area (Å²) in [6, 6.07) is 23.1. The lowest BCUT2D eigenvalue weighted by atomic mass is 9.94. The standard InChI is InChI=1S/C37H39N3O5/c1-42-32-16-26-11-13-39(21-28(26)18-34(32)44-3)20-23-5-7-24(8-6-23)25-9-10-31-30(15-25)36(37(41)38-31)40-14-12-27-17-33(43-2)35(45-4)19-29(27)22-40/h5-10,15-19,36H,11-14,20-22H2,1-4H3,(H,38,41). The minimum Gasteiger partial charge on any atom is -0.493 e. The van der Waals surface area contributed by atoms with Gasteiger partial charge in [-0.05, 0) is 88.2 Å². The molecule has 0 bridgehead atoms. The maximum atomic E-state index is 13.3. The zero-order chi connectivity index (χ0) is 31.1. The average Bonchev–Trinajstić information content (AvgIpc) is 3.41. The lowest BCUT2D eigenvalue weighted by Gasteiger charge is -2.33. The predicted octanol–water partition coefficient (Wildman–Crippen LogP) is 6.00. The van der Waals surface area contributed by atoms with Gasteiger partial charge in [0, 0.05) is 44.0 Å². The number of amides is 1. The van der Waals surface area contributed by atoms with Crippen LogP contribution in [0, 0.1) is 0 Å². The zero-order valence-corrected chi connectivity index (χ0v) is 26.3. The summed E-state index contributed by atoms with van der Waals surface area (Å²) in [7, 11) is 6.68. The number of methoxy groups -OCH3 is 4. The fraction of sp³-hybridized carbons (Fsp3) is 0.324. The maximum Gasteiger partial charge on any atom is 0.246 e. The van der Waals surface area contributed by atoms with Crippen LogP contribution in [0.1, 0.15) is 39.4 Å². The van der Waals surface area contributed by atoms with Gasteiger partial charge in [-0.15, -0.1) is 0 Å². The Labute approximate surface area is 264 Å². The second-order valence-corrected chi connectivity index (χ2v) is 12.0. The van der Waals surface area contributed by atoms with E-state index < -0.39 is 0 Å². The van der Waals surface area contributed by atoms with Gasteiger partial charge in [-0.2, -0.15) is 0 Å². The van der Waals surface area contributed by atoms with Crippen LogP contribution in [0.3, 0.4) is 0 Å². The van der Waals surface area contributed by atoms with Crippen molar-refractivity contribution in [2.45, 2.75) is 38.5 Å². The molecular weight excluding hydrogens is 566 g/mol. The first kappa shape index (κ1) is 29.2. The van der Waals surface area contributed by atoms with Crippen molar-refractivity contribution >= 4 is 11.6 Å². The molecule has 0 aliphatic carbocycles. The van der Waals surface area contributed by atoms with E-state index in [0.717, 1.165) is 78.6 Å². The normalized spacial score (nSPS) is 17.6. The first-order chi connectivity index (χ1) is 22.0. The summed E-state index contributed by atoms with van der Waals surface area (Å²) in [6.45, 7) is 4.23. The molecule has 0 aromatic heterocycles. The summed E-state index contributed by atoms with van der Waals surface area (Å²) < 4.78 is 22.1. The van der Waals surface area contributed by atoms with Gasteiger partial charge in [0.25, 0.3) is 0 Å². The van der Waals surface area contributed by atoms with E-state index >= 15 is 0 Å². The molecule has 3 aliphatic rings. The van der Waals surface area contributed by atoms with Gasteiger partial charge in [-0.25, -0.2) is 0 Å². The van der Waals surface area contributed by atoms with Crippen LogP contribution in [-0.2, 0) is 37.3 Å². The lowest BCUT2D eigenvalue weighted by molar-refractivity contribution is -0.121. The number of anilines is 1. The Morgan fingerprint density at radius 2 is 1.22 bits per heavy atom. The maximum absolute atomic E-state index is 13.3. The molecule has 3 aliphatic heterocycles. The molecule has 4 aromatic carbocycles. The first-order valence-electron chi connectivity index (χ1n) is 15.5. The molecule has 0 saturated carbocycles. The Kier molecular flexibility index (Phi) is 7.85. The van der Waals surface area contributed by atoms with Crippen molar-refractivity contribution in [3.8, 4) is 34.1 Å². The molecule has 0 spiro atoms. The number of fused-ring (bicyclic) bond motifs is 3. The summed E-state index contributed by atoms with van der Waals surface area (Å²) >= 11 is 0. The van der Waals surface area contributed by atoms with E-state index in [2.05, 4.69) is 69.7 Å². The van der Waals surface area contributed by atoms with E-state index in [1.807, 2.05) is 12.1 Å². The Morgan fingerprint density at radius 1 is 0.667 bits per heavy atom. The van der Waals surface area contributed by atoms with Crippen LogP contribution < -0.4 is 24.3 Å². The number of benzene rings is 4. The summed E-state index contributed by atoms with van der Waals surface area (Å²) in [6.07, 6.45) is 1.83. The van der Waals surface area contributed by atoms with Gasteiger partial charge in [0.15, 0.2) is 23.0 Å². The minimum atomic E-state index is -0.332. The highest BCUT2D eigenvalue weighted by Gasteiger charge is 2.37. The molecule has 0 radical (unpaired) electrons. The fourth-order valence-corrected chi connectivity index (χ4v) is 7.05. The second kappa shape index (κ2) is 12.1. The SMILES string of the molecule is COc1cc2c(cc1OC)CN(Cc1ccc(-c3ccc4c(c3)C(N3CCc5cc(OC)c(OC)cc5C3)C(=O)N4)cc1)CC2. The topological polar surface area (TPSA) is 72.5 Å². The number of rotatable bonds is 8. The third-order valence-electron chi connectivity index (χ3n) is 9.46. The summed E-state index contributed by atoms with van der Waals surface area (Å²) in [4.78, 5) is 18.0. The quantitative estimate of drug-likeness (QED) is 0.264. The second-order valence-electron chi connectivity index (χ2n) is 12.0. The van der Waals surface area contributed by atoms with Gasteiger partial charge in [0.2, 0.25) is 5.91 Å². The highest BCUT2D eigenvalue weighted by molar-refractivity contribution is 6.03. The smallest absolute Gasteiger partial charge is 0.246 e. The number of nitrogens with one attached hydrogen (secondary N) is 1. The molecule has 1 unspecified atom stereocenters. The van der Waals surface area contributed by atoms with Gasteiger partial charge in [0.05, 0.1) is 28.4 Å². The number of nitrogens with zero attached hydrogens (tertiary/aromatic N) is 2. The van der Waals surface area contributed by atoms with Gasteiger partial charge < -0.3 is 24.3 Å². The first-order valence-corrected chi connectivity index (χ1v) is 15.5. The molecule has 4 aromatic rings. The molecule has 0 fully saturated rings. The average molecular weight is 606 g/mol. The fourth-order valence-electron chi connectivity index (χ4n) is 7.05. The molecule has 232 valence electrons. The Morgan fingerprint density at radius 3 is 1.84 bits per heavy atom. The van der Waals surface area contributed by atoms with Crippen LogP contribution in [0.25, 0.3) is 11.1 Å². The van der Waals surface area contributed by atoms with Gasteiger partial charge in [-0.3, -0.25) is 14.6 Å². The van der Waals surface area contributed by atoms with Crippen molar-refractivity contribution in [1.82, 2.24) is 9.80 Å². The molecule has 0 saturated heterocycles. The summed E-state index contributed by atoms with van der Waals surface area (Å²) in [5.41, 5.74) is 10.5. The van der Waals surface area contributed by atoms with Crippen LogP contribution in [0.2, 0.25) is 0 Å². The Bertz CT molecular complexity index is 1750. The third kappa shape index (κ3) is 5.49. The van der Waals surface area contributed by atoms with Gasteiger partial charge >= 0.3 is 0 Å². The van der Waals surface area contributed by atoms with Crippen molar-refractivity contribution in [2.75, 3.05) is 46.8 Å². The molecule has 1 atom stereocenters. The summed E-state index contributed by atoms with van der Waals surface area (Å²) in [5, 5.41) is 3.12. The highest BCUT2D eigenvalue weighted by Crippen LogP contribution is 2.41. The lowest BCUT2D eigenvalue weighted by Crippen LogP contribution is -2.37. The van der Waals surface area contributed by atoms with Crippen LogP contribution in [0.15, 0.2) is 66.7 Å². The van der Waals surface area contributed by atoms with E-state index in [9.17, 15) is 4.79 Å². The van der Waals surface area contributed by atoms with Crippen LogP contribution in [0.4, 0.5) is 5.69 Å². The third-order valence-corrected chi connectivity index (χ3v) is 9.46. The highest BCUT2D eigenvalue weighted by atomic mass is 16.5. The largest absolute Gasteiger partial charge is 0.493 e. The number of ether oxygens (including phenoxy) is 4. The van der Waals surface area contributed by atoms with E-state index in [1.54, 1.807) is 28.4 Å². The molecule has 8 nitrogen and oxygen atoms in total. The van der Waals surface area contributed by atoms with Crippen molar-refractivity contribution < 1.29 is 23.7 Å². The van der Waals surface area contributed by atoms with Crippen LogP contribution >= 0.6 is 0 Å². The van der Waals surface area contributed by atoms with Crippen molar-refractivity contribution in [2.24, 2.45) is 0 Å². The predicted molar refractivity (Wildman–Crippen MR) is 174 cm³/mol. The molecule has 1 N–H and O–H groups in total. The number of hydrogen-bond acceptors (Lipinski definition) is 7. The van der Waals surface area contributed by atoms with E-state index in [0.29, 0.717) is 12.3 Å². The Hall–Kier alpha value is -4.53. The van der Waals surface area contributed by atoms with E-state index in [-0.39, 0.29) is 11.9 Å². The molecule has 3 heterocycles. The van der Waals surface area contributed by atoms with Crippen molar-refractivity contribution in [3.63, 3.8) is 0 Å². The van der Waals surface area contributed by atoms with Crippen LogP contribution in [0.5, 0.6) is 23.0 Å². The van der Waals surface area contributed by atoms with Gasteiger partial charge in [-0.1, -0.05) is 30.3 Å². The monoisotopic (exact) mass is 605 g/mol. The van der Waals surface area contributed by atoms with E-state index in [4.69, 9.17) is 18.9 Å². The molecule has 1 amide bonds. The molecular formula is C37H39N3O5. The number of hydrogen-bond donors (Lipinski definition) is 1. The molecule has 45 heavy (non-hydrogen) atoms. The van der Waals surface area contributed by atoms with Gasteiger partial charge in [0.1, 0.15) is 6.04 Å². The van der Waals surface area contributed by atoms with Crippen LogP contribution in [-0.4, -0.2) is 57.2 Å². The summed E-state index contributed by atoms with van der Waals surface area (Å²) in [5.74, 6) is 3.06. The Balaban J connectivity index is 1.07. The number of carbonyl (C=O) groups excluding carboxylic acids is 1. The molecule has 7 rings (SSSR count). The number of carbonyl (C=O) groups is 1. The minimum absolute atomic E-state index is 0.0283. The van der Waals surface area contributed by atoms with Crippen molar-refractivity contribution in [3.05, 3.63) is 100 Å².